The quantitative estimate of drug-likeness (QED) is 0.356. The van der Waals surface area contributed by atoms with Crippen LogP contribution in [0.4, 0.5) is 0 Å². The Morgan fingerprint density at radius 2 is 1.73 bits per heavy atom. The van der Waals surface area contributed by atoms with Crippen molar-refractivity contribution in [3.63, 3.8) is 0 Å². The number of fused-ring (bicyclic) bond motifs is 1. The summed E-state index contributed by atoms with van der Waals surface area (Å²) in [5.74, 6) is 1.16. The van der Waals surface area contributed by atoms with Crippen molar-refractivity contribution in [1.29, 1.82) is 0 Å². The zero-order chi connectivity index (χ0) is 23.0. The number of rotatable bonds is 10. The molecule has 0 radical (unpaired) electrons. The second-order valence-electron chi connectivity index (χ2n) is 7.75. The molecule has 2 aromatic heterocycles. The fourth-order valence-corrected chi connectivity index (χ4v) is 3.65. The molecule has 0 saturated heterocycles. The molecule has 4 aromatic rings. The van der Waals surface area contributed by atoms with Gasteiger partial charge < -0.3 is 14.4 Å². The van der Waals surface area contributed by atoms with Gasteiger partial charge in [-0.2, -0.15) is 0 Å². The minimum absolute atomic E-state index is 0.149. The Bertz CT molecular complexity index is 1250. The van der Waals surface area contributed by atoms with Gasteiger partial charge in [-0.25, -0.2) is 4.98 Å². The van der Waals surface area contributed by atoms with Gasteiger partial charge in [0.05, 0.1) is 5.52 Å². The minimum Gasteiger partial charge on any atom is -0.489 e. The Hall–Kier alpha value is -3.64. The standard InChI is InChI=1S/C27H29N3O3/c1-3-29(4-2)16-17-32-26-13-10-22-18-23(11-12-25(22)28-26)30-15-14-24(19-27(30)31)33-20-21-8-6-5-7-9-21/h5-15,18-19H,3-4,16-17,20H2,1-2H3. The Kier molecular flexibility index (Phi) is 7.37. The molecule has 0 aliphatic rings. The number of ether oxygens (including phenoxy) is 2. The molecule has 0 amide bonds. The molecule has 0 aliphatic heterocycles. The maximum Gasteiger partial charge on any atom is 0.258 e. The number of hydrogen-bond acceptors (Lipinski definition) is 5. The molecule has 6 heteroatoms. The maximum absolute atomic E-state index is 12.7. The van der Waals surface area contributed by atoms with Crippen LogP contribution in [0.25, 0.3) is 16.6 Å². The van der Waals surface area contributed by atoms with E-state index in [0.717, 1.165) is 41.8 Å². The molecule has 0 saturated carbocycles. The SMILES string of the molecule is CCN(CC)CCOc1ccc2cc(-n3ccc(OCc4ccccc4)cc3=O)ccc2n1. The molecule has 0 bridgehead atoms. The second kappa shape index (κ2) is 10.8. The Morgan fingerprint density at radius 3 is 2.48 bits per heavy atom. The number of aromatic nitrogens is 2. The van der Waals surface area contributed by atoms with E-state index in [2.05, 4.69) is 23.7 Å². The average Bonchev–Trinajstić information content (AvgIpc) is 2.86. The molecule has 0 atom stereocenters. The van der Waals surface area contributed by atoms with Crippen LogP contribution in [0.1, 0.15) is 19.4 Å². The van der Waals surface area contributed by atoms with Gasteiger partial charge in [0.25, 0.3) is 5.56 Å². The van der Waals surface area contributed by atoms with Crippen LogP contribution in [0.2, 0.25) is 0 Å². The molecule has 4 rings (SSSR count). The van der Waals surface area contributed by atoms with Gasteiger partial charge in [-0.05, 0) is 49.0 Å². The van der Waals surface area contributed by atoms with E-state index >= 15 is 0 Å². The lowest BCUT2D eigenvalue weighted by Gasteiger charge is -2.17. The van der Waals surface area contributed by atoms with Crippen molar-refractivity contribution in [2.45, 2.75) is 20.5 Å². The van der Waals surface area contributed by atoms with Crippen molar-refractivity contribution in [3.8, 4) is 17.3 Å². The number of pyridine rings is 2. The van der Waals surface area contributed by atoms with Gasteiger partial charge in [0.2, 0.25) is 5.88 Å². The van der Waals surface area contributed by atoms with Crippen LogP contribution in [0.5, 0.6) is 11.6 Å². The van der Waals surface area contributed by atoms with Gasteiger partial charge in [0, 0.05) is 35.9 Å². The summed E-state index contributed by atoms with van der Waals surface area (Å²) in [6.07, 6.45) is 1.74. The van der Waals surface area contributed by atoms with Crippen molar-refractivity contribution in [2.24, 2.45) is 0 Å². The summed E-state index contributed by atoms with van der Waals surface area (Å²) in [4.78, 5) is 19.6. The summed E-state index contributed by atoms with van der Waals surface area (Å²) < 4.78 is 13.2. The van der Waals surface area contributed by atoms with Crippen molar-refractivity contribution >= 4 is 10.9 Å². The lowest BCUT2D eigenvalue weighted by Crippen LogP contribution is -2.28. The second-order valence-corrected chi connectivity index (χ2v) is 7.75. The molecule has 2 aromatic carbocycles. The zero-order valence-electron chi connectivity index (χ0n) is 19.1. The van der Waals surface area contributed by atoms with Crippen LogP contribution in [-0.4, -0.2) is 40.7 Å². The van der Waals surface area contributed by atoms with Crippen LogP contribution in [0, 0.1) is 0 Å². The first kappa shape index (κ1) is 22.6. The van der Waals surface area contributed by atoms with Crippen molar-refractivity contribution in [3.05, 3.63) is 94.9 Å². The molecule has 0 aliphatic carbocycles. The van der Waals surface area contributed by atoms with Gasteiger partial charge >= 0.3 is 0 Å². The van der Waals surface area contributed by atoms with E-state index in [1.807, 2.05) is 60.7 Å². The highest BCUT2D eigenvalue weighted by molar-refractivity contribution is 5.81. The van der Waals surface area contributed by atoms with Crippen LogP contribution < -0.4 is 15.0 Å². The fourth-order valence-electron chi connectivity index (χ4n) is 3.65. The molecule has 2 heterocycles. The molecular formula is C27H29N3O3. The summed E-state index contributed by atoms with van der Waals surface area (Å²) in [6, 6.07) is 22.8. The number of benzene rings is 2. The lowest BCUT2D eigenvalue weighted by atomic mass is 10.2. The van der Waals surface area contributed by atoms with E-state index < -0.39 is 0 Å². The summed E-state index contributed by atoms with van der Waals surface area (Å²) in [6.45, 7) is 8.20. The number of nitrogens with zero attached hydrogens (tertiary/aromatic N) is 3. The van der Waals surface area contributed by atoms with Crippen LogP contribution in [0.15, 0.2) is 83.8 Å². The summed E-state index contributed by atoms with van der Waals surface area (Å²) in [7, 11) is 0. The third-order valence-electron chi connectivity index (χ3n) is 5.62. The monoisotopic (exact) mass is 443 g/mol. The molecule has 6 nitrogen and oxygen atoms in total. The smallest absolute Gasteiger partial charge is 0.258 e. The predicted octanol–water partition coefficient (Wildman–Crippen LogP) is 4.69. The molecule has 0 N–H and O–H groups in total. The van der Waals surface area contributed by atoms with Crippen LogP contribution >= 0.6 is 0 Å². The number of hydrogen-bond donors (Lipinski definition) is 0. The summed E-state index contributed by atoms with van der Waals surface area (Å²) >= 11 is 0. The first-order valence-corrected chi connectivity index (χ1v) is 11.3. The first-order valence-electron chi connectivity index (χ1n) is 11.3. The average molecular weight is 444 g/mol. The fraction of sp³-hybridized carbons (Fsp3) is 0.259. The molecule has 170 valence electrons. The third-order valence-corrected chi connectivity index (χ3v) is 5.62. The maximum atomic E-state index is 12.7. The van der Waals surface area contributed by atoms with E-state index in [9.17, 15) is 4.79 Å². The Labute approximate surface area is 194 Å². The van der Waals surface area contributed by atoms with Gasteiger partial charge in [0.1, 0.15) is 19.0 Å². The normalized spacial score (nSPS) is 11.1. The van der Waals surface area contributed by atoms with Crippen molar-refractivity contribution < 1.29 is 9.47 Å². The van der Waals surface area contributed by atoms with Gasteiger partial charge in [-0.15, -0.1) is 0 Å². The van der Waals surface area contributed by atoms with Gasteiger partial charge in [-0.3, -0.25) is 9.36 Å². The van der Waals surface area contributed by atoms with Crippen molar-refractivity contribution in [2.75, 3.05) is 26.2 Å². The highest BCUT2D eigenvalue weighted by atomic mass is 16.5. The molecule has 0 spiro atoms. The first-order chi connectivity index (χ1) is 16.2. The zero-order valence-corrected chi connectivity index (χ0v) is 19.1. The lowest BCUT2D eigenvalue weighted by molar-refractivity contribution is 0.218. The van der Waals surface area contributed by atoms with E-state index in [1.165, 1.54) is 6.07 Å². The topological polar surface area (TPSA) is 56.6 Å². The van der Waals surface area contributed by atoms with E-state index in [1.54, 1.807) is 16.8 Å². The number of likely N-dealkylation sites (N-methyl/N-ethyl adjacent to an activating group) is 1. The van der Waals surface area contributed by atoms with Crippen molar-refractivity contribution in [1.82, 2.24) is 14.5 Å². The molecular weight excluding hydrogens is 414 g/mol. The van der Waals surface area contributed by atoms with E-state index in [0.29, 0.717) is 24.8 Å². The van der Waals surface area contributed by atoms with Gasteiger partial charge in [0.15, 0.2) is 0 Å². The largest absolute Gasteiger partial charge is 0.489 e. The summed E-state index contributed by atoms with van der Waals surface area (Å²) in [5, 5.41) is 0.944. The highest BCUT2D eigenvalue weighted by Crippen LogP contribution is 2.20. The van der Waals surface area contributed by atoms with E-state index in [4.69, 9.17) is 9.47 Å². The predicted molar refractivity (Wildman–Crippen MR) is 131 cm³/mol. The Morgan fingerprint density at radius 1 is 0.909 bits per heavy atom. The van der Waals surface area contributed by atoms with Crippen LogP contribution in [-0.2, 0) is 6.61 Å². The minimum atomic E-state index is -0.149. The van der Waals surface area contributed by atoms with E-state index in [-0.39, 0.29) is 5.56 Å². The summed E-state index contributed by atoms with van der Waals surface area (Å²) in [5.41, 5.74) is 2.51. The molecule has 0 unspecified atom stereocenters. The Balaban J connectivity index is 1.45. The van der Waals surface area contributed by atoms with Gasteiger partial charge in [-0.1, -0.05) is 44.2 Å². The molecule has 0 fully saturated rings. The highest BCUT2D eigenvalue weighted by Gasteiger charge is 2.06. The third kappa shape index (κ3) is 5.79. The molecule has 33 heavy (non-hydrogen) atoms. The van der Waals surface area contributed by atoms with Crippen LogP contribution in [0.3, 0.4) is 0 Å².